The Morgan fingerprint density at radius 1 is 1.12 bits per heavy atom. The van der Waals surface area contributed by atoms with Gasteiger partial charge < -0.3 is 41.6 Å². The molecule has 2 aromatic rings. The van der Waals surface area contributed by atoms with E-state index in [1.807, 2.05) is 24.3 Å². The Labute approximate surface area is 195 Å². The number of nitrogens with zero attached hydrogens (tertiary/aromatic N) is 1. The highest BCUT2D eigenvalue weighted by molar-refractivity contribution is 5.95. The fraction of sp³-hybridized carbons (Fsp3) is 0.455. The molecule has 8 N–H and O–H groups in total. The van der Waals surface area contributed by atoms with E-state index in [0.717, 1.165) is 16.5 Å². The molecule has 12 heteroatoms. The van der Waals surface area contributed by atoms with Crippen LogP contribution in [0.3, 0.4) is 0 Å². The van der Waals surface area contributed by atoms with Crippen LogP contribution in [0, 0.1) is 0 Å². The monoisotopic (exact) mass is 475 g/mol. The van der Waals surface area contributed by atoms with Crippen LogP contribution in [0.2, 0.25) is 0 Å². The number of carboxylic acids is 1. The number of para-hydroxylation sites is 1. The summed E-state index contributed by atoms with van der Waals surface area (Å²) in [5, 5.41) is 33.5. The van der Waals surface area contributed by atoms with Crippen molar-refractivity contribution >= 4 is 34.6 Å². The zero-order valence-electron chi connectivity index (χ0n) is 18.4. The number of carbonyl (C=O) groups is 4. The van der Waals surface area contributed by atoms with Gasteiger partial charge in [0.05, 0.1) is 19.3 Å². The molecule has 1 aromatic heterocycles. The maximum Gasteiger partial charge on any atom is 0.328 e. The lowest BCUT2D eigenvalue weighted by Gasteiger charge is -2.29. The largest absolute Gasteiger partial charge is 0.480 e. The third-order valence-electron chi connectivity index (χ3n) is 5.88. The lowest BCUT2D eigenvalue weighted by molar-refractivity contribution is -0.146. The van der Waals surface area contributed by atoms with Crippen LogP contribution in [0.1, 0.15) is 18.4 Å². The van der Waals surface area contributed by atoms with Crippen LogP contribution >= 0.6 is 0 Å². The van der Waals surface area contributed by atoms with Gasteiger partial charge in [0, 0.05) is 23.6 Å². The van der Waals surface area contributed by atoms with Crippen LogP contribution in [0.25, 0.3) is 10.9 Å². The molecule has 1 aromatic carbocycles. The van der Waals surface area contributed by atoms with Crippen LogP contribution in [0.5, 0.6) is 0 Å². The predicted molar refractivity (Wildman–Crippen MR) is 120 cm³/mol. The van der Waals surface area contributed by atoms with Crippen molar-refractivity contribution < 1.29 is 34.5 Å². The van der Waals surface area contributed by atoms with Gasteiger partial charge in [0.15, 0.2) is 0 Å². The second-order valence-electron chi connectivity index (χ2n) is 8.19. The molecule has 4 atom stereocenters. The number of aliphatic carboxylic acids is 1. The average Bonchev–Trinajstić information content (AvgIpc) is 3.47. The summed E-state index contributed by atoms with van der Waals surface area (Å²) in [6, 6.07) is 2.76. The first-order valence-corrected chi connectivity index (χ1v) is 10.9. The van der Waals surface area contributed by atoms with Gasteiger partial charge in [-0.25, -0.2) is 4.79 Å². The number of aliphatic hydroxyl groups is 2. The minimum Gasteiger partial charge on any atom is -0.480 e. The number of H-pyrrole nitrogens is 1. The first-order valence-electron chi connectivity index (χ1n) is 10.9. The number of aliphatic hydroxyl groups excluding tert-OH is 2. The third-order valence-corrected chi connectivity index (χ3v) is 5.88. The van der Waals surface area contributed by atoms with Crippen molar-refractivity contribution in [3.8, 4) is 0 Å². The Bertz CT molecular complexity index is 1060. The molecule has 2 heterocycles. The van der Waals surface area contributed by atoms with Gasteiger partial charge in [-0.05, 0) is 30.9 Å². The van der Waals surface area contributed by atoms with E-state index in [2.05, 4.69) is 15.6 Å². The summed E-state index contributed by atoms with van der Waals surface area (Å²) in [6.07, 6.45) is 2.72. The van der Waals surface area contributed by atoms with E-state index < -0.39 is 61.1 Å². The normalized spacial score (nSPS) is 18.3. The number of nitrogens with two attached hydrogens (primary N) is 1. The molecule has 1 aliphatic heterocycles. The summed E-state index contributed by atoms with van der Waals surface area (Å²) in [6.45, 7) is -1.31. The summed E-state index contributed by atoms with van der Waals surface area (Å²) in [5.74, 6) is -3.45. The molecular formula is C22H29N5O7. The highest BCUT2D eigenvalue weighted by atomic mass is 16.4. The van der Waals surface area contributed by atoms with Crippen molar-refractivity contribution in [3.63, 3.8) is 0 Å². The van der Waals surface area contributed by atoms with Gasteiger partial charge in [-0.15, -0.1) is 0 Å². The van der Waals surface area contributed by atoms with E-state index >= 15 is 0 Å². The van der Waals surface area contributed by atoms with E-state index in [4.69, 9.17) is 15.9 Å². The molecule has 1 saturated heterocycles. The Hall–Kier alpha value is -3.48. The van der Waals surface area contributed by atoms with Crippen LogP contribution in [-0.2, 0) is 25.6 Å². The highest BCUT2D eigenvalue weighted by Crippen LogP contribution is 2.20. The number of fused-ring (bicyclic) bond motifs is 1. The number of nitrogens with one attached hydrogen (secondary N) is 3. The van der Waals surface area contributed by atoms with Gasteiger partial charge in [0.25, 0.3) is 0 Å². The Balaban J connectivity index is 1.63. The number of rotatable bonds is 10. The Morgan fingerprint density at radius 3 is 2.50 bits per heavy atom. The standard InChI is InChI=1S/C22H29N5O7/c23-14(8-12-9-24-15-5-2-1-4-13(12)15)19(30)25-16(10-28)21(32)27-7-3-6-18(27)20(31)26-17(11-29)22(33)34/h1-2,4-5,9,14,16-18,24,28-29H,3,6-8,10-11,23H2,(H,25,30)(H,26,31)(H,33,34). The van der Waals surface area contributed by atoms with E-state index in [9.17, 15) is 24.3 Å². The van der Waals surface area contributed by atoms with Crippen LogP contribution in [0.4, 0.5) is 0 Å². The smallest absolute Gasteiger partial charge is 0.328 e. The fourth-order valence-corrected chi connectivity index (χ4v) is 4.05. The third kappa shape index (κ3) is 5.53. The van der Waals surface area contributed by atoms with Crippen molar-refractivity contribution in [3.05, 3.63) is 36.0 Å². The number of carboxylic acid groups (broad SMARTS) is 1. The molecule has 0 bridgehead atoms. The van der Waals surface area contributed by atoms with Gasteiger partial charge in [0.2, 0.25) is 17.7 Å². The number of aromatic nitrogens is 1. The highest BCUT2D eigenvalue weighted by Gasteiger charge is 2.39. The number of aromatic amines is 1. The van der Waals surface area contributed by atoms with Gasteiger partial charge in [-0.3, -0.25) is 14.4 Å². The average molecular weight is 476 g/mol. The van der Waals surface area contributed by atoms with Crippen LogP contribution in [-0.4, -0.2) is 92.8 Å². The maximum atomic E-state index is 13.0. The van der Waals surface area contributed by atoms with Crippen molar-refractivity contribution in [1.82, 2.24) is 20.5 Å². The van der Waals surface area contributed by atoms with Gasteiger partial charge in [-0.2, -0.15) is 0 Å². The van der Waals surface area contributed by atoms with Crippen LogP contribution in [0.15, 0.2) is 30.5 Å². The molecular weight excluding hydrogens is 446 g/mol. The molecule has 1 aliphatic rings. The van der Waals surface area contributed by atoms with Crippen LogP contribution < -0.4 is 16.4 Å². The number of carbonyl (C=O) groups excluding carboxylic acids is 3. The lowest BCUT2D eigenvalue weighted by atomic mass is 10.0. The van der Waals surface area contributed by atoms with Crippen molar-refractivity contribution in [2.45, 2.75) is 43.4 Å². The fourth-order valence-electron chi connectivity index (χ4n) is 4.05. The lowest BCUT2D eigenvalue weighted by Crippen LogP contribution is -2.58. The number of benzene rings is 1. The topological polar surface area (TPSA) is 198 Å². The summed E-state index contributed by atoms with van der Waals surface area (Å²) in [7, 11) is 0. The van der Waals surface area contributed by atoms with Crippen molar-refractivity contribution in [2.75, 3.05) is 19.8 Å². The minimum atomic E-state index is -1.50. The molecule has 4 unspecified atom stereocenters. The van der Waals surface area contributed by atoms with Crippen molar-refractivity contribution in [1.29, 1.82) is 0 Å². The summed E-state index contributed by atoms with van der Waals surface area (Å²) < 4.78 is 0. The molecule has 34 heavy (non-hydrogen) atoms. The number of hydrogen-bond acceptors (Lipinski definition) is 7. The first kappa shape index (κ1) is 25.1. The SMILES string of the molecule is NC(Cc1c[nH]c2ccccc12)C(=O)NC(CO)C(=O)N1CCCC1C(=O)NC(CO)C(=O)O. The summed E-state index contributed by atoms with van der Waals surface area (Å²) >= 11 is 0. The Kier molecular flexibility index (Phi) is 8.21. The Morgan fingerprint density at radius 2 is 1.82 bits per heavy atom. The zero-order valence-corrected chi connectivity index (χ0v) is 18.4. The molecule has 0 radical (unpaired) electrons. The summed E-state index contributed by atoms with van der Waals surface area (Å²) in [5.41, 5.74) is 7.79. The maximum absolute atomic E-state index is 13.0. The number of likely N-dealkylation sites (tertiary alicyclic amines) is 1. The summed E-state index contributed by atoms with van der Waals surface area (Å²) in [4.78, 5) is 53.5. The van der Waals surface area contributed by atoms with Gasteiger partial charge in [0.1, 0.15) is 18.1 Å². The van der Waals surface area contributed by atoms with E-state index in [-0.39, 0.29) is 19.4 Å². The zero-order chi connectivity index (χ0) is 24.8. The van der Waals surface area contributed by atoms with Gasteiger partial charge in [-0.1, -0.05) is 18.2 Å². The first-order chi connectivity index (χ1) is 16.3. The number of amides is 3. The van der Waals surface area contributed by atoms with E-state index in [0.29, 0.717) is 6.42 Å². The van der Waals surface area contributed by atoms with Gasteiger partial charge >= 0.3 is 5.97 Å². The molecule has 12 nitrogen and oxygen atoms in total. The van der Waals surface area contributed by atoms with E-state index in [1.54, 1.807) is 6.20 Å². The number of hydrogen-bond donors (Lipinski definition) is 7. The predicted octanol–water partition coefficient (Wildman–Crippen LogP) is -1.93. The minimum absolute atomic E-state index is 0.196. The molecule has 0 spiro atoms. The quantitative estimate of drug-likeness (QED) is 0.206. The molecule has 0 saturated carbocycles. The molecule has 3 rings (SSSR count). The molecule has 184 valence electrons. The second-order valence-corrected chi connectivity index (χ2v) is 8.19. The molecule has 3 amide bonds. The molecule has 1 fully saturated rings. The second kappa shape index (κ2) is 11.1. The van der Waals surface area contributed by atoms with E-state index in [1.165, 1.54) is 4.90 Å². The molecule has 0 aliphatic carbocycles. The van der Waals surface area contributed by atoms with Crippen molar-refractivity contribution in [2.24, 2.45) is 5.73 Å².